The second-order valence-electron chi connectivity index (χ2n) is 11.0. The third-order valence-corrected chi connectivity index (χ3v) is 8.18. The van der Waals surface area contributed by atoms with E-state index in [0.717, 1.165) is 35.2 Å². The van der Waals surface area contributed by atoms with Crippen molar-refractivity contribution in [2.24, 2.45) is 0 Å². The Morgan fingerprint density at radius 3 is 2.53 bits per heavy atom. The highest BCUT2D eigenvalue weighted by molar-refractivity contribution is 7.88. The van der Waals surface area contributed by atoms with Crippen molar-refractivity contribution >= 4 is 37.7 Å². The van der Waals surface area contributed by atoms with Gasteiger partial charge in [-0.2, -0.15) is 5.10 Å². The molecule has 2 aromatic carbocycles. The summed E-state index contributed by atoms with van der Waals surface area (Å²) >= 11 is 0. The molecule has 4 aromatic heterocycles. The summed E-state index contributed by atoms with van der Waals surface area (Å²) in [6, 6.07) is 20.2. The average Bonchev–Trinajstić information content (AvgIpc) is 3.69. The van der Waals surface area contributed by atoms with Crippen molar-refractivity contribution < 1.29 is 12.8 Å². The first-order chi connectivity index (χ1) is 22.7. The fraction of sp³-hybridized carbons (Fsp3) is 0.143. The van der Waals surface area contributed by atoms with Gasteiger partial charge in [0.15, 0.2) is 11.5 Å². The molecule has 0 amide bonds. The van der Waals surface area contributed by atoms with Crippen LogP contribution in [0.1, 0.15) is 23.7 Å². The molecule has 0 fully saturated rings. The van der Waals surface area contributed by atoms with Crippen molar-refractivity contribution in [1.29, 1.82) is 0 Å². The fourth-order valence-electron chi connectivity index (χ4n) is 5.22. The number of hydrogen-bond acceptors (Lipinski definition) is 7. The zero-order chi connectivity index (χ0) is 33.0. The molecule has 47 heavy (non-hydrogen) atoms. The molecule has 238 valence electrons. The summed E-state index contributed by atoms with van der Waals surface area (Å²) in [5.74, 6) is -0.0483. The van der Waals surface area contributed by atoms with E-state index < -0.39 is 15.8 Å². The molecule has 6 rings (SSSR count). The lowest BCUT2D eigenvalue weighted by atomic mass is 10.1. The highest BCUT2D eigenvalue weighted by Gasteiger charge is 2.18. The van der Waals surface area contributed by atoms with Crippen molar-refractivity contribution in [3.05, 3.63) is 126 Å². The number of aromatic amines is 2. The number of hydrogen-bond donors (Lipinski definition) is 4. The monoisotopic (exact) mass is 648 g/mol. The van der Waals surface area contributed by atoms with Gasteiger partial charge in [-0.25, -0.2) is 27.5 Å². The number of nitrogens with one attached hydrogen (secondary N) is 4. The summed E-state index contributed by atoms with van der Waals surface area (Å²) in [5.41, 5.74) is 8.36. The lowest BCUT2D eigenvalue weighted by Gasteiger charge is -2.08. The highest BCUT2D eigenvalue weighted by atomic mass is 32.2. The molecule has 0 atom stereocenters. The molecule has 10 nitrogen and oxygen atoms in total. The number of benzene rings is 2. The van der Waals surface area contributed by atoms with E-state index >= 15 is 0 Å². The lowest BCUT2D eigenvalue weighted by Crippen LogP contribution is -2.21. The maximum absolute atomic E-state index is 14.6. The Bertz CT molecular complexity index is 2260. The molecule has 0 bridgehead atoms. The van der Waals surface area contributed by atoms with Crippen molar-refractivity contribution in [3.63, 3.8) is 0 Å². The zero-order valence-corrected chi connectivity index (χ0v) is 26.7. The Hall–Kier alpha value is -5.30. The molecule has 0 aliphatic rings. The number of allylic oxidation sites excluding steroid dienone is 3. The van der Waals surface area contributed by atoms with Crippen LogP contribution in [-0.4, -0.2) is 51.4 Å². The van der Waals surface area contributed by atoms with Crippen LogP contribution in [0.3, 0.4) is 0 Å². The molecule has 0 saturated carbocycles. The number of imidazole rings is 1. The van der Waals surface area contributed by atoms with Crippen LogP contribution >= 0.6 is 0 Å². The number of rotatable bonds is 12. The quantitative estimate of drug-likeness (QED) is 0.118. The number of fused-ring (bicyclic) bond motifs is 2. The standard InChI is InChI=1S/C35H33FN8O2S/c1-4-22(19-37-20-23-9-7-6-8-10-23)15-25(5-2)28-11-12-30-33(40-28)34(44-43-30)35-41-29-13-14-38-31(32(29)42-35)26-16-24(17-27(36)18-26)21-39-47(3,45)46/h4-18,37,39H,1,19-21H2,2-3H3,(H,41,42)(H,43,44)/b22-15+,25-5+. The molecule has 0 unspecified atom stereocenters. The molecule has 12 heteroatoms. The molecule has 0 spiro atoms. The lowest BCUT2D eigenvalue weighted by molar-refractivity contribution is 0.586. The predicted molar refractivity (Wildman–Crippen MR) is 184 cm³/mol. The Kier molecular flexibility index (Phi) is 9.16. The Morgan fingerprint density at radius 2 is 1.77 bits per heavy atom. The second-order valence-corrected chi connectivity index (χ2v) is 12.8. The summed E-state index contributed by atoms with van der Waals surface area (Å²) in [5, 5.41) is 11.0. The highest BCUT2D eigenvalue weighted by Crippen LogP contribution is 2.31. The smallest absolute Gasteiger partial charge is 0.209 e. The average molecular weight is 649 g/mol. The van der Waals surface area contributed by atoms with Crippen LogP contribution in [0, 0.1) is 5.82 Å². The predicted octanol–water partition coefficient (Wildman–Crippen LogP) is 6.06. The van der Waals surface area contributed by atoms with E-state index in [4.69, 9.17) is 9.97 Å². The molecule has 0 radical (unpaired) electrons. The van der Waals surface area contributed by atoms with E-state index in [9.17, 15) is 12.8 Å². The van der Waals surface area contributed by atoms with Gasteiger partial charge in [-0.3, -0.25) is 10.1 Å². The normalized spacial score (nSPS) is 12.7. The molecule has 6 aromatic rings. The van der Waals surface area contributed by atoms with Crippen molar-refractivity contribution in [1.82, 2.24) is 40.2 Å². The van der Waals surface area contributed by atoms with Crippen LogP contribution < -0.4 is 10.0 Å². The number of nitrogens with zero attached hydrogens (tertiary/aromatic N) is 4. The minimum absolute atomic E-state index is 0.0550. The number of pyridine rings is 2. The SMILES string of the molecule is C=C/C(=C\C(=C/C)c1ccc2[nH]nc(-c3nc4c(-c5cc(F)cc(CNS(C)(=O)=O)c5)nccc4[nH]3)c2n1)CNCc1ccccc1. The van der Waals surface area contributed by atoms with Crippen molar-refractivity contribution in [2.45, 2.75) is 20.0 Å². The van der Waals surface area contributed by atoms with Gasteiger partial charge in [0.25, 0.3) is 0 Å². The number of halogens is 1. The van der Waals surface area contributed by atoms with E-state index in [1.807, 2.05) is 49.4 Å². The fourth-order valence-corrected chi connectivity index (χ4v) is 5.65. The van der Waals surface area contributed by atoms with Gasteiger partial charge in [0.05, 0.1) is 28.7 Å². The van der Waals surface area contributed by atoms with Gasteiger partial charge in [0.1, 0.15) is 16.9 Å². The summed E-state index contributed by atoms with van der Waals surface area (Å²) in [7, 11) is -3.45. The Balaban J connectivity index is 1.30. The van der Waals surface area contributed by atoms with E-state index in [0.29, 0.717) is 51.4 Å². The van der Waals surface area contributed by atoms with Gasteiger partial charge < -0.3 is 10.3 Å². The number of H-pyrrole nitrogens is 2. The van der Waals surface area contributed by atoms with E-state index in [2.05, 4.69) is 55.0 Å². The van der Waals surface area contributed by atoms with Crippen LogP contribution in [0.5, 0.6) is 0 Å². The van der Waals surface area contributed by atoms with E-state index in [1.165, 1.54) is 17.7 Å². The van der Waals surface area contributed by atoms with Crippen LogP contribution in [-0.2, 0) is 23.1 Å². The van der Waals surface area contributed by atoms with Gasteiger partial charge in [-0.05, 0) is 71.7 Å². The second kappa shape index (κ2) is 13.6. The molecule has 0 aliphatic heterocycles. The Labute approximate surface area is 271 Å². The van der Waals surface area contributed by atoms with Crippen LogP contribution in [0.4, 0.5) is 4.39 Å². The van der Waals surface area contributed by atoms with E-state index in [1.54, 1.807) is 18.3 Å². The third kappa shape index (κ3) is 7.41. The minimum Gasteiger partial charge on any atom is -0.336 e. The van der Waals surface area contributed by atoms with Crippen LogP contribution in [0.2, 0.25) is 0 Å². The Morgan fingerprint density at radius 1 is 0.957 bits per heavy atom. The van der Waals surface area contributed by atoms with E-state index in [-0.39, 0.29) is 6.54 Å². The minimum atomic E-state index is -3.45. The summed E-state index contributed by atoms with van der Waals surface area (Å²) in [6.07, 6.45) is 8.57. The molecule has 0 aliphatic carbocycles. The summed E-state index contributed by atoms with van der Waals surface area (Å²) < 4.78 is 40.2. The van der Waals surface area contributed by atoms with Gasteiger partial charge in [0.2, 0.25) is 10.0 Å². The molecular weight excluding hydrogens is 616 g/mol. The topological polar surface area (TPSA) is 141 Å². The molecule has 0 saturated heterocycles. The first kappa shape index (κ1) is 31.7. The maximum atomic E-state index is 14.6. The molecule has 4 heterocycles. The first-order valence-corrected chi connectivity index (χ1v) is 16.8. The van der Waals surface area contributed by atoms with Gasteiger partial charge in [-0.1, -0.05) is 49.1 Å². The molecular formula is C35H33FN8O2S. The number of sulfonamides is 1. The number of aromatic nitrogens is 6. The molecule has 4 N–H and O–H groups in total. The largest absolute Gasteiger partial charge is 0.336 e. The van der Waals surface area contributed by atoms with Gasteiger partial charge in [-0.15, -0.1) is 0 Å². The van der Waals surface area contributed by atoms with Gasteiger partial charge >= 0.3 is 0 Å². The zero-order valence-electron chi connectivity index (χ0n) is 25.9. The van der Waals surface area contributed by atoms with Crippen LogP contribution in [0.15, 0.2) is 103 Å². The summed E-state index contributed by atoms with van der Waals surface area (Å²) in [4.78, 5) is 17.6. The van der Waals surface area contributed by atoms with Crippen molar-refractivity contribution in [3.8, 4) is 22.8 Å². The summed E-state index contributed by atoms with van der Waals surface area (Å²) in [6.45, 7) is 7.31. The maximum Gasteiger partial charge on any atom is 0.209 e. The van der Waals surface area contributed by atoms with Crippen LogP contribution in [0.25, 0.3) is 50.4 Å². The van der Waals surface area contributed by atoms with Gasteiger partial charge in [0, 0.05) is 31.4 Å². The first-order valence-electron chi connectivity index (χ1n) is 14.9. The van der Waals surface area contributed by atoms with Crippen molar-refractivity contribution in [2.75, 3.05) is 12.8 Å². The third-order valence-electron chi connectivity index (χ3n) is 7.51.